The lowest BCUT2D eigenvalue weighted by atomic mass is 10.1. The summed E-state index contributed by atoms with van der Waals surface area (Å²) in [5.41, 5.74) is 2.53. The molecule has 0 saturated carbocycles. The largest absolute Gasteiger partial charge is 0.315 e. The lowest BCUT2D eigenvalue weighted by Crippen LogP contribution is -2.25. The molecule has 0 radical (unpaired) electrons. The van der Waals surface area contributed by atoms with Gasteiger partial charge in [-0.15, -0.1) is 12.4 Å². The molecule has 2 aromatic carbocycles. The Morgan fingerprint density at radius 2 is 1.74 bits per heavy atom. The third-order valence-corrected chi connectivity index (χ3v) is 4.61. The van der Waals surface area contributed by atoms with Gasteiger partial charge in [0.05, 0.1) is 5.02 Å². The molecule has 0 heterocycles. The lowest BCUT2D eigenvalue weighted by Gasteiger charge is -2.17. The second-order valence-electron chi connectivity index (χ2n) is 5.80. The SMILES string of the molecule is CCN(CC)CCc1ccc(NC(=O)C#Cc2ccc(Cl)cc2Cl)cc1.Cl. The van der Waals surface area contributed by atoms with Crippen LogP contribution in [0.1, 0.15) is 25.0 Å². The van der Waals surface area contributed by atoms with Crippen LogP contribution in [0.4, 0.5) is 5.69 Å². The molecule has 1 N–H and O–H groups in total. The average molecular weight is 426 g/mol. The Hall–Kier alpha value is -1.70. The second kappa shape index (κ2) is 11.9. The average Bonchev–Trinajstić information content (AvgIpc) is 2.63. The van der Waals surface area contributed by atoms with Crippen molar-refractivity contribution in [3.05, 3.63) is 63.6 Å². The van der Waals surface area contributed by atoms with Crippen molar-refractivity contribution in [2.24, 2.45) is 0 Å². The van der Waals surface area contributed by atoms with Crippen LogP contribution in [0.3, 0.4) is 0 Å². The first-order chi connectivity index (χ1) is 12.5. The van der Waals surface area contributed by atoms with E-state index in [1.54, 1.807) is 18.2 Å². The molecule has 0 aliphatic carbocycles. The number of hydrogen-bond donors (Lipinski definition) is 1. The van der Waals surface area contributed by atoms with Crippen LogP contribution < -0.4 is 5.32 Å². The number of likely N-dealkylation sites (N-methyl/N-ethyl adjacent to an activating group) is 1. The van der Waals surface area contributed by atoms with E-state index >= 15 is 0 Å². The molecule has 1 amide bonds. The predicted octanol–water partition coefficient (Wildman–Crippen LogP) is 5.29. The normalized spacial score (nSPS) is 9.96. The zero-order valence-corrected chi connectivity index (χ0v) is 17.7. The maximum atomic E-state index is 12.0. The molecular weight excluding hydrogens is 403 g/mol. The fourth-order valence-electron chi connectivity index (χ4n) is 2.46. The first-order valence-corrected chi connectivity index (χ1v) is 9.36. The maximum Gasteiger partial charge on any atom is 0.300 e. The van der Waals surface area contributed by atoms with E-state index in [1.165, 1.54) is 5.56 Å². The highest BCUT2D eigenvalue weighted by Crippen LogP contribution is 2.20. The molecule has 0 fully saturated rings. The van der Waals surface area contributed by atoms with Crippen LogP contribution in [0.15, 0.2) is 42.5 Å². The van der Waals surface area contributed by atoms with E-state index in [9.17, 15) is 4.79 Å². The van der Waals surface area contributed by atoms with Crippen LogP contribution in [0, 0.1) is 11.8 Å². The molecular formula is C21H23Cl3N2O. The van der Waals surface area contributed by atoms with E-state index in [1.807, 2.05) is 24.3 Å². The van der Waals surface area contributed by atoms with Crippen molar-refractivity contribution in [2.45, 2.75) is 20.3 Å². The van der Waals surface area contributed by atoms with Crippen molar-refractivity contribution in [3.8, 4) is 11.8 Å². The van der Waals surface area contributed by atoms with Crippen LogP contribution in [0.2, 0.25) is 10.0 Å². The third-order valence-electron chi connectivity index (χ3n) is 4.06. The summed E-state index contributed by atoms with van der Waals surface area (Å²) in [4.78, 5) is 14.4. The Morgan fingerprint density at radius 1 is 1.07 bits per heavy atom. The van der Waals surface area contributed by atoms with Crippen molar-refractivity contribution < 1.29 is 4.79 Å². The molecule has 0 atom stereocenters. The van der Waals surface area contributed by atoms with Crippen LogP contribution in [0.5, 0.6) is 0 Å². The number of carbonyl (C=O) groups is 1. The highest BCUT2D eigenvalue weighted by Gasteiger charge is 2.02. The van der Waals surface area contributed by atoms with E-state index in [0.717, 1.165) is 31.7 Å². The summed E-state index contributed by atoms with van der Waals surface area (Å²) in [6.07, 6.45) is 0.991. The zero-order chi connectivity index (χ0) is 18.9. The Balaban J connectivity index is 0.00000364. The van der Waals surface area contributed by atoms with Gasteiger partial charge in [0.25, 0.3) is 0 Å². The monoisotopic (exact) mass is 424 g/mol. The highest BCUT2D eigenvalue weighted by atomic mass is 35.5. The topological polar surface area (TPSA) is 32.3 Å². The number of nitrogens with zero attached hydrogens (tertiary/aromatic N) is 1. The molecule has 2 rings (SSSR count). The molecule has 144 valence electrons. The van der Waals surface area contributed by atoms with Crippen LogP contribution in [-0.4, -0.2) is 30.4 Å². The molecule has 0 bridgehead atoms. The Morgan fingerprint density at radius 3 is 2.33 bits per heavy atom. The number of nitrogens with one attached hydrogen (secondary N) is 1. The molecule has 2 aromatic rings. The minimum atomic E-state index is -0.382. The lowest BCUT2D eigenvalue weighted by molar-refractivity contribution is -0.111. The smallest absolute Gasteiger partial charge is 0.300 e. The van der Waals surface area contributed by atoms with Gasteiger partial charge < -0.3 is 10.2 Å². The van der Waals surface area contributed by atoms with Gasteiger partial charge in [-0.1, -0.05) is 55.1 Å². The fraction of sp³-hybridized carbons (Fsp3) is 0.286. The number of anilines is 1. The number of halogens is 3. The summed E-state index contributed by atoms with van der Waals surface area (Å²) in [5.74, 6) is 4.92. The minimum Gasteiger partial charge on any atom is -0.315 e. The van der Waals surface area contributed by atoms with Crippen molar-refractivity contribution in [1.29, 1.82) is 0 Å². The van der Waals surface area contributed by atoms with Crippen molar-refractivity contribution in [3.63, 3.8) is 0 Å². The zero-order valence-electron chi connectivity index (χ0n) is 15.4. The second-order valence-corrected chi connectivity index (χ2v) is 6.65. The molecule has 0 aliphatic heterocycles. The first kappa shape index (κ1) is 23.3. The van der Waals surface area contributed by atoms with Gasteiger partial charge >= 0.3 is 5.91 Å². The van der Waals surface area contributed by atoms with Gasteiger partial charge in [0, 0.05) is 28.7 Å². The van der Waals surface area contributed by atoms with E-state index in [2.05, 4.69) is 35.9 Å². The molecule has 0 saturated heterocycles. The summed E-state index contributed by atoms with van der Waals surface area (Å²) < 4.78 is 0. The van der Waals surface area contributed by atoms with Gasteiger partial charge in [0.1, 0.15) is 0 Å². The van der Waals surface area contributed by atoms with Gasteiger partial charge in [-0.2, -0.15) is 0 Å². The van der Waals surface area contributed by atoms with Gasteiger partial charge in [-0.25, -0.2) is 0 Å². The minimum absolute atomic E-state index is 0. The van der Waals surface area contributed by atoms with Crippen molar-refractivity contribution in [2.75, 3.05) is 25.0 Å². The maximum absolute atomic E-state index is 12.0. The van der Waals surface area contributed by atoms with E-state index in [0.29, 0.717) is 15.6 Å². The van der Waals surface area contributed by atoms with E-state index < -0.39 is 0 Å². The summed E-state index contributed by atoms with van der Waals surface area (Å²) in [7, 11) is 0. The highest BCUT2D eigenvalue weighted by molar-refractivity contribution is 6.35. The summed E-state index contributed by atoms with van der Waals surface area (Å²) >= 11 is 11.9. The summed E-state index contributed by atoms with van der Waals surface area (Å²) in [6, 6.07) is 12.8. The Kier molecular flexibility index (Phi) is 10.3. The summed E-state index contributed by atoms with van der Waals surface area (Å²) in [5, 5.41) is 3.72. The van der Waals surface area contributed by atoms with Crippen LogP contribution in [-0.2, 0) is 11.2 Å². The molecule has 0 aromatic heterocycles. The Labute approximate surface area is 177 Å². The standard InChI is InChI=1S/C21H22Cl2N2O.ClH/c1-3-25(4-2)14-13-16-5-10-19(11-6-16)24-21(26)12-8-17-7-9-18(22)15-20(17)23;/h5-7,9-11,15H,3-4,13-14H2,1-2H3,(H,24,26);1H. The first-order valence-electron chi connectivity index (χ1n) is 8.61. The fourth-order valence-corrected chi connectivity index (χ4v) is 2.91. The van der Waals surface area contributed by atoms with Gasteiger partial charge in [0.2, 0.25) is 0 Å². The quantitative estimate of drug-likeness (QED) is 0.638. The van der Waals surface area contributed by atoms with Gasteiger partial charge in [-0.3, -0.25) is 4.79 Å². The molecule has 6 heteroatoms. The molecule has 0 spiro atoms. The molecule has 0 aliphatic rings. The Bertz CT molecular complexity index is 806. The molecule has 27 heavy (non-hydrogen) atoms. The van der Waals surface area contributed by atoms with Gasteiger partial charge in [-0.05, 0) is 55.4 Å². The van der Waals surface area contributed by atoms with Crippen LogP contribution >= 0.6 is 35.6 Å². The molecule has 0 unspecified atom stereocenters. The van der Waals surface area contributed by atoms with Crippen molar-refractivity contribution >= 4 is 47.2 Å². The molecule has 3 nitrogen and oxygen atoms in total. The number of amides is 1. The summed E-state index contributed by atoms with van der Waals surface area (Å²) in [6.45, 7) is 7.48. The number of rotatable bonds is 6. The number of benzene rings is 2. The van der Waals surface area contributed by atoms with Gasteiger partial charge in [0.15, 0.2) is 0 Å². The number of hydrogen-bond acceptors (Lipinski definition) is 2. The van der Waals surface area contributed by atoms with E-state index in [-0.39, 0.29) is 18.3 Å². The predicted molar refractivity (Wildman–Crippen MR) is 117 cm³/mol. The van der Waals surface area contributed by atoms with E-state index in [4.69, 9.17) is 23.2 Å². The van der Waals surface area contributed by atoms with Crippen LogP contribution in [0.25, 0.3) is 0 Å². The third kappa shape index (κ3) is 7.82. The number of carbonyl (C=O) groups excluding carboxylic acids is 1. The van der Waals surface area contributed by atoms with Crippen molar-refractivity contribution in [1.82, 2.24) is 4.90 Å².